The number of aromatic hydroxyl groups is 1. The molecule has 0 fully saturated rings. The molecule has 0 saturated heterocycles. The molecule has 1 aromatic carbocycles. The summed E-state index contributed by atoms with van der Waals surface area (Å²) >= 11 is 0. The van der Waals surface area contributed by atoms with Gasteiger partial charge in [0, 0.05) is 12.1 Å². The van der Waals surface area contributed by atoms with Crippen LogP contribution in [0.5, 0.6) is 5.75 Å². The monoisotopic (exact) mass is 152 g/mol. The van der Waals surface area contributed by atoms with Gasteiger partial charge in [0.2, 0.25) is 0 Å². The van der Waals surface area contributed by atoms with Crippen LogP contribution in [0.2, 0.25) is 0 Å². The topological polar surface area (TPSA) is 20.2 Å². The van der Waals surface area contributed by atoms with Gasteiger partial charge in [-0.3, -0.25) is 4.48 Å². The van der Waals surface area contributed by atoms with E-state index in [0.717, 1.165) is 4.48 Å². The number of rotatable bonds is 1. The summed E-state index contributed by atoms with van der Waals surface area (Å²) in [6, 6.07) is 7.27. The van der Waals surface area contributed by atoms with Crippen molar-refractivity contribution in [3.63, 3.8) is 0 Å². The van der Waals surface area contributed by atoms with Crippen molar-refractivity contribution in [1.82, 2.24) is 4.48 Å². The van der Waals surface area contributed by atoms with Crippen LogP contribution in [0.1, 0.15) is 0 Å². The summed E-state index contributed by atoms with van der Waals surface area (Å²) in [6.45, 7) is 0. The molecule has 0 aromatic heterocycles. The van der Waals surface area contributed by atoms with Gasteiger partial charge in [-0.25, -0.2) is 0 Å². The summed E-state index contributed by atoms with van der Waals surface area (Å²) in [7, 11) is 6.27. The van der Waals surface area contributed by atoms with E-state index < -0.39 is 0 Å². The van der Waals surface area contributed by atoms with Crippen molar-refractivity contribution in [2.45, 2.75) is 0 Å². The highest BCUT2D eigenvalue weighted by molar-refractivity contribution is 5.44. The molecule has 1 aromatic rings. The molecule has 1 rings (SSSR count). The highest BCUT2D eigenvalue weighted by atomic mass is 16.3. The Balaban J connectivity index is 2.99. The molecular weight excluding hydrogens is 138 g/mol. The molecule has 0 unspecified atom stereocenters. The van der Waals surface area contributed by atoms with Gasteiger partial charge in [0.25, 0.3) is 0 Å². The van der Waals surface area contributed by atoms with E-state index in [1.807, 2.05) is 12.1 Å². The van der Waals surface area contributed by atoms with Crippen LogP contribution < -0.4 is 4.48 Å². The Kier molecular flexibility index (Phi) is 1.87. The first-order valence-corrected chi connectivity index (χ1v) is 3.61. The first kappa shape index (κ1) is 8.08. The van der Waals surface area contributed by atoms with Crippen molar-refractivity contribution in [1.29, 1.82) is 0 Å². The van der Waals surface area contributed by atoms with E-state index >= 15 is 0 Å². The zero-order valence-electron chi connectivity index (χ0n) is 7.20. The zero-order valence-corrected chi connectivity index (χ0v) is 7.20. The van der Waals surface area contributed by atoms with Crippen molar-refractivity contribution in [2.75, 3.05) is 21.1 Å². The van der Waals surface area contributed by atoms with Gasteiger partial charge >= 0.3 is 0 Å². The Hall–Kier alpha value is -1.02. The fourth-order valence-corrected chi connectivity index (χ4v) is 0.900. The largest absolute Gasteiger partial charge is 0.508 e. The summed E-state index contributed by atoms with van der Waals surface area (Å²) in [6.07, 6.45) is 0. The third kappa shape index (κ3) is 1.95. The molecule has 0 amide bonds. The smallest absolute Gasteiger partial charge is 0.132 e. The van der Waals surface area contributed by atoms with Crippen LogP contribution in [-0.4, -0.2) is 26.2 Å². The van der Waals surface area contributed by atoms with Gasteiger partial charge in [-0.1, -0.05) is 0 Å². The van der Waals surface area contributed by atoms with Crippen molar-refractivity contribution in [2.24, 2.45) is 0 Å². The third-order valence-electron chi connectivity index (χ3n) is 1.62. The van der Waals surface area contributed by atoms with Gasteiger partial charge in [-0.05, 0) is 12.1 Å². The predicted molar refractivity (Wildman–Crippen MR) is 47.7 cm³/mol. The van der Waals surface area contributed by atoms with Gasteiger partial charge in [-0.2, -0.15) is 0 Å². The zero-order chi connectivity index (χ0) is 8.48. The van der Waals surface area contributed by atoms with Crippen LogP contribution in [0.4, 0.5) is 5.69 Å². The second-order valence-electron chi connectivity index (χ2n) is 3.53. The van der Waals surface area contributed by atoms with Crippen LogP contribution in [0.25, 0.3) is 0 Å². The lowest BCUT2D eigenvalue weighted by molar-refractivity contribution is 0.468. The molecule has 0 radical (unpaired) electrons. The molecule has 0 atom stereocenters. The lowest BCUT2D eigenvalue weighted by atomic mass is 10.2. The molecule has 0 aliphatic carbocycles. The maximum absolute atomic E-state index is 9.02. The first-order valence-electron chi connectivity index (χ1n) is 3.61. The molecule has 2 nitrogen and oxygen atoms in total. The average molecular weight is 152 g/mol. The molecule has 1 N–H and O–H groups in total. The van der Waals surface area contributed by atoms with Gasteiger partial charge in [0.15, 0.2) is 0 Å². The van der Waals surface area contributed by atoms with E-state index in [1.165, 1.54) is 5.69 Å². The summed E-state index contributed by atoms with van der Waals surface area (Å²) in [5.41, 5.74) is 1.18. The number of quaternary nitrogens is 1. The van der Waals surface area contributed by atoms with Crippen LogP contribution in [-0.2, 0) is 0 Å². The number of phenols is 1. The lowest BCUT2D eigenvalue weighted by Gasteiger charge is -2.22. The molecule has 0 aliphatic heterocycles. The van der Waals surface area contributed by atoms with E-state index in [0.29, 0.717) is 5.75 Å². The van der Waals surface area contributed by atoms with Gasteiger partial charge in [0.1, 0.15) is 11.4 Å². The fraction of sp³-hybridized carbons (Fsp3) is 0.333. The fourth-order valence-electron chi connectivity index (χ4n) is 0.900. The second kappa shape index (κ2) is 2.55. The normalized spacial score (nSPS) is 11.5. The first-order chi connectivity index (χ1) is 5.00. The SMILES string of the molecule is C[N+](C)(C)c1ccc(O)cc1. The number of phenolic OH excluding ortho intramolecular Hbond substituents is 1. The number of hydrogen-bond acceptors (Lipinski definition) is 1. The summed E-state index contributed by atoms with van der Waals surface area (Å²) in [5.74, 6) is 0.321. The Bertz CT molecular complexity index is 233. The predicted octanol–water partition coefficient (Wildman–Crippen LogP) is 1.59. The average Bonchev–Trinajstić information content (AvgIpc) is 1.86. The van der Waals surface area contributed by atoms with E-state index in [9.17, 15) is 0 Å². The summed E-state index contributed by atoms with van der Waals surface area (Å²) in [5, 5.41) is 9.02. The van der Waals surface area contributed by atoms with Crippen LogP contribution in [0.3, 0.4) is 0 Å². The molecule has 0 bridgehead atoms. The lowest BCUT2D eigenvalue weighted by Crippen LogP contribution is -2.34. The molecular formula is C9H14NO+. The molecule has 0 heterocycles. The maximum atomic E-state index is 9.02. The second-order valence-corrected chi connectivity index (χ2v) is 3.53. The van der Waals surface area contributed by atoms with Crippen LogP contribution >= 0.6 is 0 Å². The minimum absolute atomic E-state index is 0.321. The molecule has 0 aliphatic rings. The highest BCUT2D eigenvalue weighted by Crippen LogP contribution is 2.19. The third-order valence-corrected chi connectivity index (χ3v) is 1.62. The maximum Gasteiger partial charge on any atom is 0.132 e. The van der Waals surface area contributed by atoms with E-state index in [1.54, 1.807) is 12.1 Å². The quantitative estimate of drug-likeness (QED) is 0.606. The minimum atomic E-state index is 0.321. The van der Waals surface area contributed by atoms with Crippen LogP contribution in [0.15, 0.2) is 24.3 Å². The van der Waals surface area contributed by atoms with Crippen molar-refractivity contribution in [3.8, 4) is 5.75 Å². The standard InChI is InChI=1S/C9H13NO/c1-10(2,3)8-4-6-9(11)7-5-8/h4-7H,1-3H3/p+1. The van der Waals surface area contributed by atoms with E-state index in [4.69, 9.17) is 5.11 Å². The number of benzene rings is 1. The molecule has 0 saturated carbocycles. The van der Waals surface area contributed by atoms with Crippen molar-refractivity contribution in [3.05, 3.63) is 24.3 Å². The number of hydrogen-bond donors (Lipinski definition) is 1. The highest BCUT2D eigenvalue weighted by Gasteiger charge is 2.10. The Morgan fingerprint density at radius 1 is 1.00 bits per heavy atom. The van der Waals surface area contributed by atoms with E-state index in [-0.39, 0.29) is 0 Å². The molecule has 0 spiro atoms. The summed E-state index contributed by atoms with van der Waals surface area (Å²) in [4.78, 5) is 0. The summed E-state index contributed by atoms with van der Waals surface area (Å²) < 4.78 is 0.778. The van der Waals surface area contributed by atoms with E-state index in [2.05, 4.69) is 21.1 Å². The Labute approximate surface area is 67.3 Å². The Morgan fingerprint density at radius 3 is 1.82 bits per heavy atom. The van der Waals surface area contributed by atoms with Gasteiger partial charge in [-0.15, -0.1) is 0 Å². The van der Waals surface area contributed by atoms with Gasteiger partial charge < -0.3 is 5.11 Å². The van der Waals surface area contributed by atoms with Gasteiger partial charge in [0.05, 0.1) is 21.1 Å². The molecule has 2 heteroatoms. The Morgan fingerprint density at radius 2 is 1.45 bits per heavy atom. The minimum Gasteiger partial charge on any atom is -0.508 e. The van der Waals surface area contributed by atoms with Crippen molar-refractivity contribution >= 4 is 5.69 Å². The van der Waals surface area contributed by atoms with Crippen molar-refractivity contribution < 1.29 is 5.11 Å². The van der Waals surface area contributed by atoms with Crippen LogP contribution in [0, 0.1) is 0 Å². The number of nitrogens with zero attached hydrogens (tertiary/aromatic N) is 1. The molecule has 60 valence electrons. The molecule has 11 heavy (non-hydrogen) atoms.